The van der Waals surface area contributed by atoms with E-state index in [1.54, 1.807) is 0 Å². The Morgan fingerprint density at radius 2 is 1.24 bits per heavy atom. The zero-order valence-corrected chi connectivity index (χ0v) is 28.6. The largest absolute Gasteiger partial charge is 0.456 e. The molecule has 8 aromatic rings. The van der Waals surface area contributed by atoms with Crippen molar-refractivity contribution in [1.29, 1.82) is 0 Å². The van der Waals surface area contributed by atoms with E-state index in [0.29, 0.717) is 6.42 Å². The van der Waals surface area contributed by atoms with Crippen molar-refractivity contribution in [3.05, 3.63) is 222 Å². The summed E-state index contributed by atoms with van der Waals surface area (Å²) in [4.78, 5) is 2.37. The van der Waals surface area contributed by atoms with Gasteiger partial charge >= 0.3 is 0 Å². The number of hydrogen-bond donors (Lipinski definition) is 0. The molecule has 1 aromatic heterocycles. The predicted octanol–water partition coefficient (Wildman–Crippen LogP) is 13.0. The maximum Gasteiger partial charge on any atom is 0.135 e. The molecule has 0 saturated heterocycles. The second-order valence-corrected chi connectivity index (χ2v) is 13.3. The van der Waals surface area contributed by atoms with Crippen LogP contribution in [0.4, 0.5) is 11.4 Å². The molecule has 0 saturated carbocycles. The first-order chi connectivity index (χ1) is 25.2. The van der Waals surface area contributed by atoms with Crippen LogP contribution in [0.2, 0.25) is 0 Å². The summed E-state index contributed by atoms with van der Waals surface area (Å²) < 4.78 is 6.47. The second-order valence-electron chi connectivity index (χ2n) is 13.3. The third kappa shape index (κ3) is 4.87. The highest BCUT2D eigenvalue weighted by Crippen LogP contribution is 2.59. The third-order valence-electron chi connectivity index (χ3n) is 10.5. The Morgan fingerprint density at radius 1 is 0.627 bits per heavy atom. The van der Waals surface area contributed by atoms with Gasteiger partial charge in [0.05, 0.1) is 5.41 Å². The number of para-hydroxylation sites is 2. The molecule has 1 aliphatic rings. The molecule has 244 valence electrons. The normalized spacial score (nSPS) is 13.2. The van der Waals surface area contributed by atoms with Gasteiger partial charge in [-0.2, -0.15) is 0 Å². The van der Waals surface area contributed by atoms with E-state index in [2.05, 4.69) is 182 Å². The fraction of sp³-hybridized carbons (Fsp3) is 0.0612. The Labute approximate surface area is 299 Å². The van der Waals surface area contributed by atoms with Crippen molar-refractivity contribution in [2.24, 2.45) is 0 Å². The van der Waals surface area contributed by atoms with Gasteiger partial charge in [-0.15, -0.1) is 6.58 Å². The molecule has 0 N–H and O–H groups in total. The van der Waals surface area contributed by atoms with Gasteiger partial charge in [0.15, 0.2) is 0 Å². The van der Waals surface area contributed by atoms with Crippen molar-refractivity contribution in [3.8, 4) is 11.1 Å². The summed E-state index contributed by atoms with van der Waals surface area (Å²) in [5.74, 6) is 0.858. The zero-order chi connectivity index (χ0) is 34.4. The van der Waals surface area contributed by atoms with Gasteiger partial charge in [0.1, 0.15) is 11.3 Å². The van der Waals surface area contributed by atoms with E-state index in [1.807, 2.05) is 18.2 Å². The molecule has 0 unspecified atom stereocenters. The molecule has 2 heteroatoms. The molecule has 0 spiro atoms. The lowest BCUT2D eigenvalue weighted by molar-refractivity contribution is 0.600. The first-order valence-electron chi connectivity index (χ1n) is 17.6. The zero-order valence-electron chi connectivity index (χ0n) is 28.6. The number of furan rings is 1. The van der Waals surface area contributed by atoms with E-state index in [4.69, 9.17) is 4.42 Å². The summed E-state index contributed by atoms with van der Waals surface area (Å²) in [5.41, 5.74) is 12.3. The first kappa shape index (κ1) is 30.7. The van der Waals surface area contributed by atoms with Crippen LogP contribution in [-0.4, -0.2) is 0 Å². The van der Waals surface area contributed by atoms with Crippen LogP contribution in [0.3, 0.4) is 0 Å². The third-order valence-corrected chi connectivity index (χ3v) is 10.5. The van der Waals surface area contributed by atoms with Crippen molar-refractivity contribution < 1.29 is 4.42 Å². The lowest BCUT2D eigenvalue weighted by Crippen LogP contribution is -2.29. The molecule has 0 aliphatic heterocycles. The lowest BCUT2D eigenvalue weighted by atomic mass is 9.66. The van der Waals surface area contributed by atoms with Crippen LogP contribution in [0, 0.1) is 6.92 Å². The van der Waals surface area contributed by atoms with E-state index in [1.165, 1.54) is 44.2 Å². The molecule has 0 fully saturated rings. The highest BCUT2D eigenvalue weighted by molar-refractivity contribution is 6.01. The summed E-state index contributed by atoms with van der Waals surface area (Å²) in [7, 11) is 0. The molecule has 0 atom stereocenters. The molecule has 1 heterocycles. The van der Waals surface area contributed by atoms with Gasteiger partial charge in [0.2, 0.25) is 0 Å². The highest BCUT2D eigenvalue weighted by Gasteiger charge is 2.47. The fourth-order valence-electron chi connectivity index (χ4n) is 8.30. The van der Waals surface area contributed by atoms with E-state index in [0.717, 1.165) is 39.4 Å². The quantitative estimate of drug-likeness (QED) is 0.152. The first-order valence-corrected chi connectivity index (χ1v) is 17.6. The fourth-order valence-corrected chi connectivity index (χ4v) is 8.30. The van der Waals surface area contributed by atoms with Gasteiger partial charge in [-0.3, -0.25) is 0 Å². The van der Waals surface area contributed by atoms with Crippen molar-refractivity contribution in [2.75, 3.05) is 4.90 Å². The molecule has 1 aliphatic carbocycles. The molecule has 2 nitrogen and oxygen atoms in total. The summed E-state index contributed by atoms with van der Waals surface area (Å²) in [6.45, 7) is 6.34. The minimum Gasteiger partial charge on any atom is -0.456 e. The van der Waals surface area contributed by atoms with Crippen molar-refractivity contribution in [1.82, 2.24) is 0 Å². The molecule has 0 amide bonds. The maximum atomic E-state index is 6.47. The Balaban J connectivity index is 1.35. The molecule has 0 bridgehead atoms. The van der Waals surface area contributed by atoms with Crippen LogP contribution in [0.1, 0.15) is 40.0 Å². The van der Waals surface area contributed by atoms with Crippen LogP contribution in [0.25, 0.3) is 38.9 Å². The van der Waals surface area contributed by atoms with E-state index in [9.17, 15) is 0 Å². The average molecular weight is 656 g/mol. The number of rotatable bonds is 8. The van der Waals surface area contributed by atoms with Crippen molar-refractivity contribution in [2.45, 2.75) is 18.8 Å². The van der Waals surface area contributed by atoms with Crippen molar-refractivity contribution >= 4 is 39.2 Å². The van der Waals surface area contributed by atoms with Gasteiger partial charge in [0.25, 0.3) is 0 Å². The van der Waals surface area contributed by atoms with Crippen molar-refractivity contribution in [3.63, 3.8) is 0 Å². The minimum atomic E-state index is -0.552. The average Bonchev–Trinajstić information content (AvgIpc) is 3.67. The Morgan fingerprint density at radius 3 is 1.92 bits per heavy atom. The number of hydrogen-bond acceptors (Lipinski definition) is 2. The molecule has 51 heavy (non-hydrogen) atoms. The Kier molecular flexibility index (Phi) is 7.51. The molecule has 0 radical (unpaired) electrons. The van der Waals surface area contributed by atoms with Crippen LogP contribution >= 0.6 is 0 Å². The van der Waals surface area contributed by atoms with Crippen LogP contribution < -0.4 is 4.90 Å². The number of nitrogens with zero attached hydrogens (tertiary/aromatic N) is 1. The van der Waals surface area contributed by atoms with E-state index >= 15 is 0 Å². The summed E-state index contributed by atoms with van der Waals surface area (Å²) in [6.07, 6.45) is 4.82. The number of anilines is 2. The smallest absolute Gasteiger partial charge is 0.135 e. The maximum absolute atomic E-state index is 6.47. The lowest BCUT2D eigenvalue weighted by Gasteiger charge is -2.35. The minimum absolute atomic E-state index is 0.552. The van der Waals surface area contributed by atoms with Crippen LogP contribution in [-0.2, 0) is 5.41 Å². The predicted molar refractivity (Wildman–Crippen MR) is 214 cm³/mol. The number of allylic oxidation sites excluding steroid dienone is 1. The monoisotopic (exact) mass is 655 g/mol. The summed E-state index contributed by atoms with van der Waals surface area (Å²) in [6, 6.07) is 61.4. The standard InChI is InChI=1S/C49H37NO/c1-3-17-39(33-47-34(2)41-25-15-16-27-46(41)51-47)50(38-23-11-6-12-24-38)40-29-31-43-44-30-28-35-18-13-14-26-42(35)48(44)49(45(43)32-40,36-19-7-4-8-20-36)37-21-9-5-10-22-37/h3-16,18-33H,1,17H2,2H3/b39-33+. The van der Waals surface area contributed by atoms with E-state index in [-0.39, 0.29) is 0 Å². The van der Waals surface area contributed by atoms with Gasteiger partial charge in [0, 0.05) is 40.5 Å². The molecule has 9 rings (SSSR count). The Hall–Kier alpha value is -6.38. The molecular formula is C49H37NO. The van der Waals surface area contributed by atoms with Crippen LogP contribution in [0.15, 0.2) is 193 Å². The number of fused-ring (bicyclic) bond motifs is 6. The molecular weight excluding hydrogens is 619 g/mol. The topological polar surface area (TPSA) is 16.4 Å². The molecule has 7 aromatic carbocycles. The Bertz CT molecular complexity index is 2540. The number of benzene rings is 7. The summed E-state index contributed by atoms with van der Waals surface area (Å²) >= 11 is 0. The van der Waals surface area contributed by atoms with Gasteiger partial charge < -0.3 is 9.32 Å². The van der Waals surface area contributed by atoms with Gasteiger partial charge in [-0.05, 0) is 81.4 Å². The van der Waals surface area contributed by atoms with E-state index < -0.39 is 5.41 Å². The van der Waals surface area contributed by atoms with Crippen LogP contribution in [0.5, 0.6) is 0 Å². The SMILES string of the molecule is C=CC/C(=C\c1oc2ccccc2c1C)N(c1ccccc1)c1ccc2c(c1)C(c1ccccc1)(c1ccccc1)c1c-2ccc2ccccc12. The number of aryl methyl sites for hydroxylation is 1. The summed E-state index contributed by atoms with van der Waals surface area (Å²) in [5, 5.41) is 3.64. The van der Waals surface area contributed by atoms with Gasteiger partial charge in [-0.25, -0.2) is 0 Å². The second kappa shape index (κ2) is 12.5. The highest BCUT2D eigenvalue weighted by atomic mass is 16.3. The van der Waals surface area contributed by atoms with Gasteiger partial charge in [-0.1, -0.05) is 146 Å².